The van der Waals surface area contributed by atoms with Crippen LogP contribution in [0.5, 0.6) is 0 Å². The quantitative estimate of drug-likeness (QED) is 0.240. The SMILES string of the molecule is CC(=O)[O-].CC(=O)[O-].O=S(=O)(O)O.O=S(=O)(O)O.[Ca+2]. The van der Waals surface area contributed by atoms with Gasteiger partial charge in [-0.2, -0.15) is 16.8 Å². The standard InChI is InChI=1S/2C2H4O2.Ca.2H2O4S/c2*1-2(3)4;;2*1-5(2,3)4/h2*1H3,(H,3,4);;2*(H2,1,2,3,4)/q;;+2;;/p-2. The van der Waals surface area contributed by atoms with Crippen molar-refractivity contribution in [3.05, 3.63) is 0 Å². The van der Waals surface area contributed by atoms with Crippen molar-refractivity contribution < 1.29 is 54.8 Å². The van der Waals surface area contributed by atoms with Crippen LogP contribution in [0.3, 0.4) is 0 Å². The fraction of sp³-hybridized carbons (Fsp3) is 0.500. The Kier molecular flexibility index (Phi) is 26.4. The Hall–Kier alpha value is -0.0603. The van der Waals surface area contributed by atoms with Crippen molar-refractivity contribution in [1.82, 2.24) is 0 Å². The van der Waals surface area contributed by atoms with Gasteiger partial charge < -0.3 is 19.8 Å². The molecule has 0 radical (unpaired) electrons. The zero-order valence-electron chi connectivity index (χ0n) is 9.58. The molecule has 0 saturated heterocycles. The van der Waals surface area contributed by atoms with E-state index in [-0.39, 0.29) is 37.7 Å². The van der Waals surface area contributed by atoms with Gasteiger partial charge >= 0.3 is 58.5 Å². The maximum Gasteiger partial charge on any atom is 2.00 e. The number of aliphatic carboxylic acids is 2. The molecular formula is C4H10CaO12S2. The normalized spacial score (nSPS) is 8.74. The summed E-state index contributed by atoms with van der Waals surface area (Å²) in [4.78, 5) is 17.8. The zero-order valence-corrected chi connectivity index (χ0v) is 13.4. The number of hydrogen-bond donors (Lipinski definition) is 4. The van der Waals surface area contributed by atoms with Gasteiger partial charge in [-0.1, -0.05) is 0 Å². The fourth-order valence-electron chi connectivity index (χ4n) is 0. The fourth-order valence-corrected chi connectivity index (χ4v) is 0. The van der Waals surface area contributed by atoms with Crippen LogP contribution < -0.4 is 10.2 Å². The molecule has 15 heteroatoms. The van der Waals surface area contributed by atoms with E-state index >= 15 is 0 Å². The average Bonchev–Trinajstić information content (AvgIpc) is 1.70. The molecule has 0 spiro atoms. The third-order valence-electron chi connectivity index (χ3n) is 0. The summed E-state index contributed by atoms with van der Waals surface area (Å²) in [5, 5.41) is 17.8. The molecule has 0 amide bonds. The minimum Gasteiger partial charge on any atom is -0.550 e. The third kappa shape index (κ3) is 1260000. The molecule has 0 aromatic rings. The molecule has 0 rings (SSSR count). The first kappa shape index (κ1) is 31.4. The Morgan fingerprint density at radius 2 is 0.737 bits per heavy atom. The first-order valence-corrected chi connectivity index (χ1v) is 6.01. The monoisotopic (exact) mass is 354 g/mol. The summed E-state index contributed by atoms with van der Waals surface area (Å²) in [5.41, 5.74) is 0. The predicted octanol–water partition coefficient (Wildman–Crippen LogP) is -4.17. The molecule has 0 heterocycles. The van der Waals surface area contributed by atoms with Gasteiger partial charge in [0, 0.05) is 11.9 Å². The van der Waals surface area contributed by atoms with Crippen LogP contribution in [0.1, 0.15) is 13.8 Å². The number of hydrogen-bond acceptors (Lipinski definition) is 8. The predicted molar refractivity (Wildman–Crippen MR) is 55.5 cm³/mol. The van der Waals surface area contributed by atoms with Crippen molar-refractivity contribution in [2.24, 2.45) is 0 Å². The van der Waals surface area contributed by atoms with E-state index in [0.717, 1.165) is 13.8 Å². The van der Waals surface area contributed by atoms with Crippen molar-refractivity contribution in [3.8, 4) is 0 Å². The second-order valence-corrected chi connectivity index (χ2v) is 3.67. The minimum absolute atomic E-state index is 0. The molecular weight excluding hydrogens is 344 g/mol. The molecule has 0 fully saturated rings. The van der Waals surface area contributed by atoms with E-state index < -0.39 is 32.7 Å². The van der Waals surface area contributed by atoms with E-state index in [4.69, 9.17) is 54.8 Å². The maximum atomic E-state index is 8.89. The number of rotatable bonds is 0. The Morgan fingerprint density at radius 1 is 0.737 bits per heavy atom. The summed E-state index contributed by atoms with van der Waals surface area (Å²) >= 11 is 0. The number of carbonyl (C=O) groups is 2. The van der Waals surface area contributed by atoms with Crippen LogP contribution in [0.25, 0.3) is 0 Å². The van der Waals surface area contributed by atoms with Gasteiger partial charge in [0.15, 0.2) is 0 Å². The van der Waals surface area contributed by atoms with E-state index in [1.807, 2.05) is 0 Å². The second-order valence-electron chi connectivity index (χ2n) is 1.88. The number of carboxylic acid groups (broad SMARTS) is 2. The minimum atomic E-state index is -4.67. The van der Waals surface area contributed by atoms with Gasteiger partial charge in [-0.05, 0) is 13.8 Å². The van der Waals surface area contributed by atoms with Crippen LogP contribution in [0.2, 0.25) is 0 Å². The Morgan fingerprint density at radius 3 is 0.737 bits per heavy atom. The first-order valence-electron chi connectivity index (χ1n) is 3.21. The van der Waals surface area contributed by atoms with Gasteiger partial charge in [-0.15, -0.1) is 0 Å². The first-order chi connectivity index (χ1) is 7.46. The van der Waals surface area contributed by atoms with Crippen molar-refractivity contribution in [1.29, 1.82) is 0 Å². The van der Waals surface area contributed by atoms with Crippen LogP contribution >= 0.6 is 0 Å². The molecule has 0 atom stereocenters. The van der Waals surface area contributed by atoms with E-state index in [9.17, 15) is 0 Å². The molecule has 0 aromatic heterocycles. The molecule has 0 aliphatic carbocycles. The number of carboxylic acids is 2. The largest absolute Gasteiger partial charge is 2.00 e. The summed E-state index contributed by atoms with van der Waals surface area (Å²) in [6.45, 7) is 1.94. The molecule has 112 valence electrons. The molecule has 0 unspecified atom stereocenters. The Labute approximate surface area is 138 Å². The average molecular weight is 354 g/mol. The summed E-state index contributed by atoms with van der Waals surface area (Å²) < 4.78 is 63.2. The Balaban J connectivity index is -0.0000000453. The number of carbonyl (C=O) groups excluding carboxylic acids is 2. The third-order valence-corrected chi connectivity index (χ3v) is 0. The summed E-state index contributed by atoms with van der Waals surface area (Å²) in [6, 6.07) is 0. The summed E-state index contributed by atoms with van der Waals surface area (Å²) in [7, 11) is -9.33. The van der Waals surface area contributed by atoms with E-state index in [1.54, 1.807) is 0 Å². The maximum absolute atomic E-state index is 8.89. The molecule has 0 aliphatic heterocycles. The molecule has 0 aliphatic rings. The van der Waals surface area contributed by atoms with E-state index in [2.05, 4.69) is 0 Å². The van der Waals surface area contributed by atoms with Gasteiger partial charge in [0.1, 0.15) is 0 Å². The van der Waals surface area contributed by atoms with Crippen molar-refractivity contribution in [3.63, 3.8) is 0 Å². The molecule has 0 bridgehead atoms. The summed E-state index contributed by atoms with van der Waals surface area (Å²) in [6.07, 6.45) is 0. The van der Waals surface area contributed by atoms with Crippen molar-refractivity contribution >= 4 is 70.5 Å². The molecule has 0 saturated carbocycles. The molecule has 19 heavy (non-hydrogen) atoms. The van der Waals surface area contributed by atoms with Crippen LogP contribution in [-0.2, 0) is 30.4 Å². The van der Waals surface area contributed by atoms with Gasteiger partial charge in [0.2, 0.25) is 0 Å². The topological polar surface area (TPSA) is 229 Å². The summed E-state index contributed by atoms with van der Waals surface area (Å²) in [5.74, 6) is -2.17. The van der Waals surface area contributed by atoms with Crippen LogP contribution in [0, 0.1) is 0 Å². The molecule has 0 aromatic carbocycles. The van der Waals surface area contributed by atoms with E-state index in [1.165, 1.54) is 0 Å². The van der Waals surface area contributed by atoms with Crippen LogP contribution in [0.4, 0.5) is 0 Å². The van der Waals surface area contributed by atoms with Crippen LogP contribution in [0.15, 0.2) is 0 Å². The molecule has 12 nitrogen and oxygen atoms in total. The van der Waals surface area contributed by atoms with Gasteiger partial charge in [-0.25, -0.2) is 0 Å². The van der Waals surface area contributed by atoms with Crippen molar-refractivity contribution in [2.75, 3.05) is 0 Å². The second kappa shape index (κ2) is 16.0. The zero-order chi connectivity index (χ0) is 16.2. The van der Waals surface area contributed by atoms with Crippen molar-refractivity contribution in [2.45, 2.75) is 13.8 Å². The Bertz CT molecular complexity index is 355. The van der Waals surface area contributed by atoms with Gasteiger partial charge in [-0.3, -0.25) is 18.2 Å². The van der Waals surface area contributed by atoms with Gasteiger partial charge in [0.05, 0.1) is 0 Å². The molecule has 4 N–H and O–H groups in total. The van der Waals surface area contributed by atoms with Gasteiger partial charge in [0.25, 0.3) is 0 Å². The smallest absolute Gasteiger partial charge is 0.550 e. The van der Waals surface area contributed by atoms with E-state index in [0.29, 0.717) is 0 Å². The van der Waals surface area contributed by atoms with Crippen LogP contribution in [-0.4, -0.2) is 84.7 Å².